The molecule has 0 aromatic carbocycles. The zero-order valence-electron chi connectivity index (χ0n) is 9.13. The Hall–Kier alpha value is -0.0800. The van der Waals surface area contributed by atoms with Gasteiger partial charge in [0.2, 0.25) is 0 Å². The molecule has 1 saturated heterocycles. The minimum absolute atomic E-state index is 0.411. The van der Waals surface area contributed by atoms with E-state index in [0.29, 0.717) is 6.04 Å². The fourth-order valence-corrected chi connectivity index (χ4v) is 2.03. The largest absolute Gasteiger partial charge is 0.328 e. The van der Waals surface area contributed by atoms with Crippen molar-refractivity contribution >= 4 is 0 Å². The molecule has 0 aliphatic carbocycles. The fraction of sp³-hybridized carbons (Fsp3) is 1.00. The number of nitrogens with two attached hydrogens (primary N) is 1. The van der Waals surface area contributed by atoms with Crippen LogP contribution in [0.15, 0.2) is 0 Å². The summed E-state index contributed by atoms with van der Waals surface area (Å²) in [5.41, 5.74) is 5.91. The molecule has 1 aliphatic heterocycles. The molecule has 2 N–H and O–H groups in total. The van der Waals surface area contributed by atoms with Gasteiger partial charge in [-0.15, -0.1) is 0 Å². The predicted molar refractivity (Wildman–Crippen MR) is 57.8 cm³/mol. The monoisotopic (exact) mass is 184 g/mol. The molecule has 0 amide bonds. The number of piperidine rings is 1. The molecular formula is C11H24N2. The van der Waals surface area contributed by atoms with E-state index in [1.165, 1.54) is 38.8 Å². The van der Waals surface area contributed by atoms with Crippen molar-refractivity contribution < 1.29 is 0 Å². The van der Waals surface area contributed by atoms with Gasteiger partial charge in [0.1, 0.15) is 0 Å². The number of nitrogens with zero attached hydrogens (tertiary/aromatic N) is 1. The number of hydrogen-bond donors (Lipinski definition) is 1. The molecule has 1 fully saturated rings. The van der Waals surface area contributed by atoms with Crippen LogP contribution < -0.4 is 5.73 Å². The van der Waals surface area contributed by atoms with E-state index < -0.39 is 0 Å². The Labute approximate surface area is 82.5 Å². The number of hydrogen-bond acceptors (Lipinski definition) is 2. The summed E-state index contributed by atoms with van der Waals surface area (Å²) in [6, 6.07) is 1.20. The minimum atomic E-state index is 0.411. The van der Waals surface area contributed by atoms with Gasteiger partial charge in [-0.05, 0) is 45.7 Å². The van der Waals surface area contributed by atoms with E-state index in [2.05, 4.69) is 18.7 Å². The predicted octanol–water partition coefficient (Wildman–Crippen LogP) is 1.99. The third-order valence-corrected chi connectivity index (χ3v) is 3.25. The summed E-state index contributed by atoms with van der Waals surface area (Å²) in [7, 11) is 0. The van der Waals surface area contributed by atoms with Crippen molar-refractivity contribution in [2.45, 2.75) is 58.0 Å². The maximum absolute atomic E-state index is 5.91. The molecule has 2 unspecified atom stereocenters. The van der Waals surface area contributed by atoms with Crippen LogP contribution in [-0.4, -0.2) is 30.1 Å². The summed E-state index contributed by atoms with van der Waals surface area (Å²) in [5.74, 6) is 0. The number of rotatable bonds is 4. The second kappa shape index (κ2) is 5.61. The quantitative estimate of drug-likeness (QED) is 0.724. The Morgan fingerprint density at radius 2 is 2.23 bits per heavy atom. The highest BCUT2D eigenvalue weighted by molar-refractivity contribution is 4.74. The first-order valence-electron chi connectivity index (χ1n) is 5.73. The van der Waals surface area contributed by atoms with Gasteiger partial charge in [0.05, 0.1) is 0 Å². The Morgan fingerprint density at radius 1 is 1.46 bits per heavy atom. The smallest absolute Gasteiger partial charge is 0.00669 e. The van der Waals surface area contributed by atoms with E-state index in [0.717, 1.165) is 12.5 Å². The van der Waals surface area contributed by atoms with Gasteiger partial charge in [0.25, 0.3) is 0 Å². The van der Waals surface area contributed by atoms with Crippen LogP contribution in [0.4, 0.5) is 0 Å². The molecule has 13 heavy (non-hydrogen) atoms. The van der Waals surface area contributed by atoms with Crippen LogP contribution in [0, 0.1) is 0 Å². The van der Waals surface area contributed by atoms with Gasteiger partial charge in [0, 0.05) is 12.1 Å². The molecule has 0 spiro atoms. The molecule has 0 radical (unpaired) electrons. The average Bonchev–Trinajstić information content (AvgIpc) is 2.16. The van der Waals surface area contributed by atoms with Gasteiger partial charge < -0.3 is 10.6 Å². The lowest BCUT2D eigenvalue weighted by atomic mass is 10.0. The highest BCUT2D eigenvalue weighted by atomic mass is 15.2. The van der Waals surface area contributed by atoms with Gasteiger partial charge in [-0.2, -0.15) is 0 Å². The van der Waals surface area contributed by atoms with Crippen molar-refractivity contribution in [2.75, 3.05) is 13.1 Å². The van der Waals surface area contributed by atoms with Gasteiger partial charge in [-0.3, -0.25) is 0 Å². The van der Waals surface area contributed by atoms with Gasteiger partial charge in [0.15, 0.2) is 0 Å². The summed E-state index contributed by atoms with van der Waals surface area (Å²) in [6.07, 6.45) is 6.45. The maximum atomic E-state index is 5.91. The van der Waals surface area contributed by atoms with E-state index >= 15 is 0 Å². The van der Waals surface area contributed by atoms with Crippen molar-refractivity contribution in [1.29, 1.82) is 0 Å². The molecule has 1 heterocycles. The van der Waals surface area contributed by atoms with Gasteiger partial charge in [-0.25, -0.2) is 0 Å². The van der Waals surface area contributed by atoms with Crippen LogP contribution in [0.5, 0.6) is 0 Å². The lowest BCUT2D eigenvalue weighted by Gasteiger charge is -2.33. The van der Waals surface area contributed by atoms with Crippen molar-refractivity contribution in [1.82, 2.24) is 4.90 Å². The summed E-state index contributed by atoms with van der Waals surface area (Å²) in [4.78, 5) is 2.60. The van der Waals surface area contributed by atoms with Crippen LogP contribution in [-0.2, 0) is 0 Å². The van der Waals surface area contributed by atoms with E-state index in [1.54, 1.807) is 0 Å². The zero-order valence-corrected chi connectivity index (χ0v) is 9.13. The SMILES string of the molecule is CCC(N)CCN1CCCCC1C. The highest BCUT2D eigenvalue weighted by Crippen LogP contribution is 2.16. The Morgan fingerprint density at radius 3 is 2.85 bits per heavy atom. The van der Waals surface area contributed by atoms with Crippen LogP contribution in [0.2, 0.25) is 0 Å². The molecule has 0 aromatic rings. The molecule has 1 aliphatic rings. The third-order valence-electron chi connectivity index (χ3n) is 3.25. The lowest BCUT2D eigenvalue weighted by Crippen LogP contribution is -2.39. The maximum Gasteiger partial charge on any atom is 0.00669 e. The third kappa shape index (κ3) is 3.65. The summed E-state index contributed by atoms with van der Waals surface area (Å²) in [5, 5.41) is 0. The topological polar surface area (TPSA) is 29.3 Å². The summed E-state index contributed by atoms with van der Waals surface area (Å²) in [6.45, 7) is 7.01. The van der Waals surface area contributed by atoms with E-state index in [4.69, 9.17) is 5.73 Å². The Balaban J connectivity index is 2.18. The van der Waals surface area contributed by atoms with E-state index in [1.807, 2.05) is 0 Å². The highest BCUT2D eigenvalue weighted by Gasteiger charge is 2.17. The first-order valence-corrected chi connectivity index (χ1v) is 5.73. The standard InChI is InChI=1S/C11H24N2/c1-3-11(12)7-9-13-8-5-4-6-10(13)2/h10-11H,3-9,12H2,1-2H3. The molecule has 2 heteroatoms. The van der Waals surface area contributed by atoms with Crippen LogP contribution in [0.3, 0.4) is 0 Å². The summed E-state index contributed by atoms with van der Waals surface area (Å²) < 4.78 is 0. The first kappa shape index (κ1) is 11.0. The Bertz CT molecular complexity index is 136. The fourth-order valence-electron chi connectivity index (χ4n) is 2.03. The second-order valence-corrected chi connectivity index (χ2v) is 4.34. The van der Waals surface area contributed by atoms with Crippen molar-refractivity contribution in [2.24, 2.45) is 5.73 Å². The molecular weight excluding hydrogens is 160 g/mol. The lowest BCUT2D eigenvalue weighted by molar-refractivity contribution is 0.155. The van der Waals surface area contributed by atoms with Gasteiger partial charge in [-0.1, -0.05) is 13.3 Å². The number of likely N-dealkylation sites (tertiary alicyclic amines) is 1. The van der Waals surface area contributed by atoms with Crippen molar-refractivity contribution in [3.05, 3.63) is 0 Å². The van der Waals surface area contributed by atoms with Crippen LogP contribution in [0.1, 0.15) is 46.0 Å². The molecule has 2 atom stereocenters. The van der Waals surface area contributed by atoms with E-state index in [9.17, 15) is 0 Å². The summed E-state index contributed by atoms with van der Waals surface area (Å²) >= 11 is 0. The van der Waals surface area contributed by atoms with Crippen molar-refractivity contribution in [3.63, 3.8) is 0 Å². The molecule has 1 rings (SSSR count). The zero-order chi connectivity index (χ0) is 9.68. The van der Waals surface area contributed by atoms with Crippen LogP contribution in [0.25, 0.3) is 0 Å². The first-order chi connectivity index (χ1) is 6.24. The average molecular weight is 184 g/mol. The Kier molecular flexibility index (Phi) is 4.74. The van der Waals surface area contributed by atoms with Crippen LogP contribution >= 0.6 is 0 Å². The van der Waals surface area contributed by atoms with Crippen molar-refractivity contribution in [3.8, 4) is 0 Å². The van der Waals surface area contributed by atoms with E-state index in [-0.39, 0.29) is 0 Å². The minimum Gasteiger partial charge on any atom is -0.328 e. The molecule has 0 aromatic heterocycles. The molecule has 0 bridgehead atoms. The molecule has 78 valence electrons. The molecule has 0 saturated carbocycles. The molecule has 2 nitrogen and oxygen atoms in total. The normalized spacial score (nSPS) is 27.5. The second-order valence-electron chi connectivity index (χ2n) is 4.34. The van der Waals surface area contributed by atoms with Gasteiger partial charge >= 0.3 is 0 Å².